The minimum absolute atomic E-state index is 0.0765. The molecule has 0 bridgehead atoms. The molecular formula is C24H26N4O3. The van der Waals surface area contributed by atoms with Crippen molar-refractivity contribution in [3.63, 3.8) is 0 Å². The van der Waals surface area contributed by atoms with Gasteiger partial charge in [-0.2, -0.15) is 5.10 Å². The molecule has 1 aromatic carbocycles. The predicted octanol–water partition coefficient (Wildman–Crippen LogP) is 4.00. The van der Waals surface area contributed by atoms with Crippen LogP contribution < -0.4 is 4.90 Å². The maximum absolute atomic E-state index is 11.9. The number of carboxylic acid groups (broad SMARTS) is 1. The fourth-order valence-electron chi connectivity index (χ4n) is 5.25. The van der Waals surface area contributed by atoms with E-state index >= 15 is 0 Å². The first-order valence-electron chi connectivity index (χ1n) is 11.2. The fraction of sp³-hybridized carbons (Fsp3) is 0.458. The third kappa shape index (κ3) is 3.02. The maximum atomic E-state index is 11.9. The number of carboxylic acids is 1. The first kappa shape index (κ1) is 18.8. The van der Waals surface area contributed by atoms with Crippen LogP contribution in [0.1, 0.15) is 54.2 Å². The molecule has 2 aromatic heterocycles. The van der Waals surface area contributed by atoms with Crippen LogP contribution in [-0.4, -0.2) is 52.1 Å². The monoisotopic (exact) mass is 418 g/mol. The van der Waals surface area contributed by atoms with E-state index < -0.39 is 5.97 Å². The zero-order chi connectivity index (χ0) is 21.0. The molecule has 1 spiro atoms. The summed E-state index contributed by atoms with van der Waals surface area (Å²) in [6.07, 6.45) is 5.61. The van der Waals surface area contributed by atoms with E-state index in [2.05, 4.69) is 9.88 Å². The van der Waals surface area contributed by atoms with Crippen LogP contribution in [0.15, 0.2) is 36.4 Å². The van der Waals surface area contributed by atoms with Crippen molar-refractivity contribution >= 4 is 22.7 Å². The molecule has 1 aliphatic carbocycles. The molecule has 160 valence electrons. The quantitative estimate of drug-likeness (QED) is 0.690. The van der Waals surface area contributed by atoms with Gasteiger partial charge in [-0.1, -0.05) is 24.6 Å². The number of anilines is 1. The van der Waals surface area contributed by atoms with E-state index in [-0.39, 0.29) is 5.69 Å². The van der Waals surface area contributed by atoms with Crippen molar-refractivity contribution in [1.82, 2.24) is 14.8 Å². The molecule has 0 atom stereocenters. The molecular weight excluding hydrogens is 392 g/mol. The van der Waals surface area contributed by atoms with Crippen LogP contribution >= 0.6 is 0 Å². The Hall–Kier alpha value is -2.93. The summed E-state index contributed by atoms with van der Waals surface area (Å²) >= 11 is 0. The highest BCUT2D eigenvalue weighted by atomic mass is 16.5. The summed E-state index contributed by atoms with van der Waals surface area (Å²) in [5, 5.41) is 15.8. The number of ether oxygens (including phenoxy) is 1. The van der Waals surface area contributed by atoms with E-state index in [1.165, 1.54) is 6.42 Å². The molecule has 7 heteroatoms. The smallest absolute Gasteiger partial charge is 0.354 e. The average Bonchev–Trinajstić information content (AvgIpc) is 3.10. The molecule has 6 rings (SSSR count). The van der Waals surface area contributed by atoms with E-state index in [1.54, 1.807) is 6.07 Å². The molecule has 0 radical (unpaired) electrons. The summed E-state index contributed by atoms with van der Waals surface area (Å²) < 4.78 is 7.40. The second-order valence-corrected chi connectivity index (χ2v) is 9.26. The minimum Gasteiger partial charge on any atom is -0.477 e. The number of para-hydroxylation sites is 1. The molecule has 2 saturated heterocycles. The summed E-state index contributed by atoms with van der Waals surface area (Å²) in [5.41, 5.74) is 3.97. The number of aromatic nitrogens is 3. The molecule has 1 N–H and O–H groups in total. The molecule has 2 aliphatic heterocycles. The van der Waals surface area contributed by atoms with Crippen LogP contribution in [0.2, 0.25) is 0 Å². The third-order valence-electron chi connectivity index (χ3n) is 7.30. The summed E-state index contributed by atoms with van der Waals surface area (Å²) in [7, 11) is 0. The number of fused-ring (bicyclic) bond motifs is 1. The Kier molecular flexibility index (Phi) is 4.28. The van der Waals surface area contributed by atoms with E-state index in [0.717, 1.165) is 74.4 Å². The normalized spacial score (nSPS) is 20.6. The molecule has 3 aliphatic rings. The lowest BCUT2D eigenvalue weighted by molar-refractivity contribution is -0.000109. The lowest BCUT2D eigenvalue weighted by atomic mass is 9.73. The maximum Gasteiger partial charge on any atom is 0.354 e. The van der Waals surface area contributed by atoms with Crippen molar-refractivity contribution in [3.05, 3.63) is 47.8 Å². The van der Waals surface area contributed by atoms with Crippen LogP contribution in [0.25, 0.3) is 16.7 Å². The van der Waals surface area contributed by atoms with Gasteiger partial charge in [0.25, 0.3) is 0 Å². The van der Waals surface area contributed by atoms with Gasteiger partial charge in [-0.3, -0.25) is 0 Å². The molecule has 31 heavy (non-hydrogen) atoms. The third-order valence-corrected chi connectivity index (χ3v) is 7.30. The summed E-state index contributed by atoms with van der Waals surface area (Å²) in [4.78, 5) is 18.9. The molecule has 4 heterocycles. The first-order chi connectivity index (χ1) is 15.1. The Morgan fingerprint density at radius 3 is 2.52 bits per heavy atom. The number of benzene rings is 1. The highest BCUT2D eigenvalue weighted by Crippen LogP contribution is 2.47. The zero-order valence-electron chi connectivity index (χ0n) is 17.5. The second kappa shape index (κ2) is 7.05. The number of carbonyl (C=O) groups is 1. The van der Waals surface area contributed by atoms with Crippen molar-refractivity contribution in [2.75, 3.05) is 31.2 Å². The fourth-order valence-corrected chi connectivity index (χ4v) is 5.25. The minimum atomic E-state index is -1.00. The van der Waals surface area contributed by atoms with Gasteiger partial charge in [0.15, 0.2) is 11.3 Å². The summed E-state index contributed by atoms with van der Waals surface area (Å²) in [5.74, 6) is -0.586. The van der Waals surface area contributed by atoms with Gasteiger partial charge in [0.05, 0.1) is 22.5 Å². The lowest BCUT2D eigenvalue weighted by Crippen LogP contribution is -2.58. The van der Waals surface area contributed by atoms with Crippen molar-refractivity contribution in [3.8, 4) is 5.69 Å². The molecule has 3 aromatic rings. The van der Waals surface area contributed by atoms with Gasteiger partial charge in [-0.25, -0.2) is 14.5 Å². The van der Waals surface area contributed by atoms with Gasteiger partial charge in [-0.05, 0) is 43.9 Å². The van der Waals surface area contributed by atoms with E-state index in [1.807, 2.05) is 35.0 Å². The lowest BCUT2D eigenvalue weighted by Gasteiger charge is -2.53. The predicted molar refractivity (Wildman–Crippen MR) is 117 cm³/mol. The van der Waals surface area contributed by atoms with E-state index in [0.29, 0.717) is 17.0 Å². The number of nitrogens with zero attached hydrogens (tertiary/aromatic N) is 4. The zero-order valence-corrected chi connectivity index (χ0v) is 17.5. The number of rotatable bonds is 4. The van der Waals surface area contributed by atoms with Crippen molar-refractivity contribution in [2.24, 2.45) is 5.41 Å². The number of hydrogen-bond acceptors (Lipinski definition) is 5. The van der Waals surface area contributed by atoms with Crippen LogP contribution in [0.4, 0.5) is 5.69 Å². The summed E-state index contributed by atoms with van der Waals surface area (Å²) in [6, 6.07) is 11.7. The molecule has 7 nitrogen and oxygen atoms in total. The Labute approximate surface area is 180 Å². The van der Waals surface area contributed by atoms with Crippen LogP contribution in [0.5, 0.6) is 0 Å². The standard InChI is InChI=1S/C24H26N4O3/c29-23(30)18-13-19(27-14-24(15-27)9-11-31-12-10-24)20-21(16-5-4-6-16)26-28(22(20)25-18)17-7-2-1-3-8-17/h1-3,7-8,13,16H,4-6,9-12,14-15H2,(H,29,30). The SMILES string of the molecule is O=C(O)c1cc(N2CC3(CCOCC3)C2)c2c(C3CCC3)nn(-c3ccccc3)c2n1. The number of hydrogen-bond donors (Lipinski definition) is 1. The molecule has 1 saturated carbocycles. The largest absolute Gasteiger partial charge is 0.477 e. The van der Waals surface area contributed by atoms with Crippen LogP contribution in [-0.2, 0) is 4.74 Å². The first-order valence-corrected chi connectivity index (χ1v) is 11.2. The Bertz CT molecular complexity index is 1140. The highest BCUT2D eigenvalue weighted by molar-refractivity contribution is 5.99. The highest BCUT2D eigenvalue weighted by Gasteiger charge is 2.45. The van der Waals surface area contributed by atoms with Gasteiger partial charge in [-0.15, -0.1) is 0 Å². The second-order valence-electron chi connectivity index (χ2n) is 9.26. The van der Waals surface area contributed by atoms with Gasteiger partial charge in [0.2, 0.25) is 0 Å². The Morgan fingerprint density at radius 2 is 1.87 bits per heavy atom. The van der Waals surface area contributed by atoms with E-state index in [4.69, 9.17) is 9.84 Å². The van der Waals surface area contributed by atoms with Crippen molar-refractivity contribution in [2.45, 2.75) is 38.0 Å². The summed E-state index contributed by atoms with van der Waals surface area (Å²) in [6.45, 7) is 3.52. The Morgan fingerprint density at radius 1 is 1.13 bits per heavy atom. The topological polar surface area (TPSA) is 80.5 Å². The number of pyridine rings is 1. The average molecular weight is 418 g/mol. The van der Waals surface area contributed by atoms with Crippen LogP contribution in [0.3, 0.4) is 0 Å². The Balaban J connectivity index is 1.52. The van der Waals surface area contributed by atoms with Crippen molar-refractivity contribution < 1.29 is 14.6 Å². The van der Waals surface area contributed by atoms with Gasteiger partial charge in [0, 0.05) is 37.6 Å². The van der Waals surface area contributed by atoms with Gasteiger partial charge >= 0.3 is 5.97 Å². The van der Waals surface area contributed by atoms with E-state index in [9.17, 15) is 9.90 Å². The van der Waals surface area contributed by atoms with Gasteiger partial charge < -0.3 is 14.7 Å². The van der Waals surface area contributed by atoms with Crippen molar-refractivity contribution in [1.29, 1.82) is 0 Å². The molecule has 3 fully saturated rings. The van der Waals surface area contributed by atoms with Gasteiger partial charge in [0.1, 0.15) is 0 Å². The molecule has 0 amide bonds. The number of aromatic carboxylic acids is 1. The molecule has 0 unspecified atom stereocenters. The van der Waals surface area contributed by atoms with Crippen LogP contribution in [0, 0.1) is 5.41 Å².